The topological polar surface area (TPSA) is 69.6 Å². The highest BCUT2D eigenvalue weighted by Crippen LogP contribution is 2.58. The molecule has 0 unspecified atom stereocenters. The molecule has 0 radical (unpaired) electrons. The molecule has 6 nitrogen and oxygen atoms in total. The quantitative estimate of drug-likeness (QED) is 0.922. The van der Waals surface area contributed by atoms with E-state index in [1.54, 1.807) is 11.1 Å². The van der Waals surface area contributed by atoms with Crippen molar-refractivity contribution in [2.24, 2.45) is 0 Å². The van der Waals surface area contributed by atoms with E-state index >= 15 is 0 Å². The average molecular weight is 350 g/mol. The molecule has 5 rings (SSSR count). The minimum absolute atomic E-state index is 0.0858. The largest absolute Gasteiger partial charge is 0.388 e. The maximum absolute atomic E-state index is 13.1. The fourth-order valence-corrected chi connectivity index (χ4v) is 4.23. The van der Waals surface area contributed by atoms with E-state index in [4.69, 9.17) is 0 Å². The molecule has 1 amide bonds. The number of aliphatic hydroxyl groups is 1. The lowest BCUT2D eigenvalue weighted by molar-refractivity contribution is -0.119. The highest BCUT2D eigenvalue weighted by atomic mass is 16.3. The van der Waals surface area contributed by atoms with Crippen LogP contribution in [0.5, 0.6) is 0 Å². The van der Waals surface area contributed by atoms with Gasteiger partial charge < -0.3 is 10.0 Å². The SMILES string of the molecule is O=C1N(c2ccc(N3CCCCC3)cc2)c2nc(CO)ncc2C12CC2. The second-order valence-corrected chi connectivity index (χ2v) is 7.47. The van der Waals surface area contributed by atoms with Crippen LogP contribution >= 0.6 is 0 Å². The van der Waals surface area contributed by atoms with E-state index < -0.39 is 5.41 Å². The first-order valence-electron chi connectivity index (χ1n) is 9.40. The third kappa shape index (κ3) is 2.25. The van der Waals surface area contributed by atoms with Gasteiger partial charge in [0.25, 0.3) is 0 Å². The lowest BCUT2D eigenvalue weighted by atomic mass is 10.0. The zero-order valence-corrected chi connectivity index (χ0v) is 14.7. The summed E-state index contributed by atoms with van der Waals surface area (Å²) >= 11 is 0. The van der Waals surface area contributed by atoms with Gasteiger partial charge in [0, 0.05) is 30.5 Å². The summed E-state index contributed by atoms with van der Waals surface area (Å²) in [7, 11) is 0. The summed E-state index contributed by atoms with van der Waals surface area (Å²) < 4.78 is 0. The number of carbonyl (C=O) groups is 1. The monoisotopic (exact) mass is 350 g/mol. The van der Waals surface area contributed by atoms with Gasteiger partial charge in [0.1, 0.15) is 12.4 Å². The number of carbonyl (C=O) groups excluding carboxylic acids is 1. The van der Waals surface area contributed by atoms with Crippen molar-refractivity contribution in [2.75, 3.05) is 22.9 Å². The number of nitrogens with zero attached hydrogens (tertiary/aromatic N) is 4. The molecular formula is C20H22N4O2. The Morgan fingerprint density at radius 2 is 1.73 bits per heavy atom. The molecular weight excluding hydrogens is 328 g/mol. The number of aromatic nitrogens is 2. The van der Waals surface area contributed by atoms with Gasteiger partial charge in [-0.1, -0.05) is 0 Å². The molecule has 2 aliphatic heterocycles. The third-order valence-electron chi connectivity index (χ3n) is 5.88. The minimum Gasteiger partial charge on any atom is -0.388 e. The number of hydrogen-bond acceptors (Lipinski definition) is 5. The summed E-state index contributed by atoms with van der Waals surface area (Å²) in [6.07, 6.45) is 7.21. The van der Waals surface area contributed by atoms with Crippen LogP contribution in [0.15, 0.2) is 30.5 Å². The number of piperidine rings is 1. The van der Waals surface area contributed by atoms with Gasteiger partial charge in [0.05, 0.1) is 11.1 Å². The normalized spacial score (nSPS) is 20.6. The summed E-state index contributed by atoms with van der Waals surface area (Å²) in [5, 5.41) is 9.38. The van der Waals surface area contributed by atoms with Crippen LogP contribution in [0, 0.1) is 0 Å². The number of rotatable bonds is 3. The Labute approximate surface area is 152 Å². The lowest BCUT2D eigenvalue weighted by Crippen LogP contribution is -2.30. The van der Waals surface area contributed by atoms with Gasteiger partial charge in [0.15, 0.2) is 5.82 Å². The minimum atomic E-state index is -0.436. The van der Waals surface area contributed by atoms with Crippen molar-refractivity contribution in [2.45, 2.75) is 44.1 Å². The van der Waals surface area contributed by atoms with Crippen LogP contribution in [0.3, 0.4) is 0 Å². The van der Waals surface area contributed by atoms with Gasteiger partial charge in [-0.2, -0.15) is 0 Å². The van der Waals surface area contributed by atoms with Crippen LogP contribution in [0.4, 0.5) is 17.2 Å². The Balaban J connectivity index is 1.51. The molecule has 6 heteroatoms. The fraction of sp³-hybridized carbons (Fsp3) is 0.450. The molecule has 1 aromatic heterocycles. The van der Waals surface area contributed by atoms with E-state index in [9.17, 15) is 9.90 Å². The molecule has 0 atom stereocenters. The van der Waals surface area contributed by atoms with Crippen molar-refractivity contribution in [1.29, 1.82) is 0 Å². The Hall–Kier alpha value is -2.47. The van der Waals surface area contributed by atoms with Crippen molar-refractivity contribution in [3.05, 3.63) is 41.9 Å². The number of fused-ring (bicyclic) bond motifs is 2. The molecule has 26 heavy (non-hydrogen) atoms. The fourth-order valence-electron chi connectivity index (χ4n) is 4.23. The summed E-state index contributed by atoms with van der Waals surface area (Å²) in [6.45, 7) is 1.97. The standard InChI is InChI=1S/C20H22N4O2/c25-13-17-21-12-16-18(22-17)24(19(26)20(16)8-9-20)15-6-4-14(5-7-15)23-10-2-1-3-11-23/h4-7,12,25H,1-3,8-11,13H2. The lowest BCUT2D eigenvalue weighted by Gasteiger charge is -2.29. The van der Waals surface area contributed by atoms with Crippen molar-refractivity contribution < 1.29 is 9.90 Å². The van der Waals surface area contributed by atoms with Gasteiger partial charge >= 0.3 is 0 Å². The zero-order valence-electron chi connectivity index (χ0n) is 14.7. The molecule has 1 saturated carbocycles. The highest BCUT2D eigenvalue weighted by Gasteiger charge is 2.60. The smallest absolute Gasteiger partial charge is 0.243 e. The van der Waals surface area contributed by atoms with Crippen LogP contribution < -0.4 is 9.80 Å². The zero-order chi connectivity index (χ0) is 17.7. The molecule has 3 heterocycles. The number of hydrogen-bond donors (Lipinski definition) is 1. The van der Waals surface area contributed by atoms with E-state index in [0.717, 1.165) is 37.2 Å². The molecule has 1 N–H and O–H groups in total. The predicted octanol–water partition coefficient (Wildman–Crippen LogP) is 2.67. The molecule has 1 saturated heterocycles. The molecule has 1 aliphatic carbocycles. The molecule has 0 bridgehead atoms. The second-order valence-electron chi connectivity index (χ2n) is 7.47. The summed E-state index contributed by atoms with van der Waals surface area (Å²) in [4.78, 5) is 25.9. The van der Waals surface area contributed by atoms with Gasteiger partial charge in [-0.3, -0.25) is 9.69 Å². The maximum atomic E-state index is 13.1. The number of benzene rings is 1. The van der Waals surface area contributed by atoms with Crippen LogP contribution in [-0.4, -0.2) is 34.1 Å². The van der Waals surface area contributed by atoms with Crippen molar-refractivity contribution in [1.82, 2.24) is 9.97 Å². The second kappa shape index (κ2) is 5.77. The van der Waals surface area contributed by atoms with Crippen LogP contribution in [0.2, 0.25) is 0 Å². The summed E-state index contributed by atoms with van der Waals surface area (Å²) in [5.41, 5.74) is 2.51. The van der Waals surface area contributed by atoms with Crippen molar-refractivity contribution in [3.8, 4) is 0 Å². The van der Waals surface area contributed by atoms with E-state index in [2.05, 4.69) is 27.0 Å². The summed E-state index contributed by atoms with van der Waals surface area (Å²) in [6, 6.07) is 8.21. The van der Waals surface area contributed by atoms with Crippen LogP contribution in [0.25, 0.3) is 0 Å². The maximum Gasteiger partial charge on any atom is 0.243 e. The van der Waals surface area contributed by atoms with E-state index in [1.807, 2.05) is 12.1 Å². The predicted molar refractivity (Wildman–Crippen MR) is 98.5 cm³/mol. The van der Waals surface area contributed by atoms with E-state index in [1.165, 1.54) is 24.9 Å². The van der Waals surface area contributed by atoms with Crippen LogP contribution in [0.1, 0.15) is 43.5 Å². The van der Waals surface area contributed by atoms with Gasteiger partial charge in [-0.05, 0) is 56.4 Å². The average Bonchev–Trinajstić information content (AvgIpc) is 3.47. The van der Waals surface area contributed by atoms with Gasteiger partial charge in [-0.15, -0.1) is 0 Å². The van der Waals surface area contributed by atoms with Crippen molar-refractivity contribution >= 4 is 23.1 Å². The molecule has 134 valence electrons. The highest BCUT2D eigenvalue weighted by molar-refractivity contribution is 6.13. The molecule has 3 aliphatic rings. The Kier molecular flexibility index (Phi) is 3.50. The molecule has 1 spiro atoms. The number of aliphatic hydroxyl groups excluding tert-OH is 1. The third-order valence-corrected chi connectivity index (χ3v) is 5.88. The number of amides is 1. The van der Waals surface area contributed by atoms with E-state index in [0.29, 0.717) is 11.6 Å². The first kappa shape index (κ1) is 15.8. The first-order chi connectivity index (χ1) is 12.7. The Morgan fingerprint density at radius 3 is 2.38 bits per heavy atom. The number of anilines is 3. The van der Waals surface area contributed by atoms with Gasteiger partial charge in [0.2, 0.25) is 5.91 Å². The van der Waals surface area contributed by atoms with Crippen molar-refractivity contribution in [3.63, 3.8) is 0 Å². The Bertz CT molecular complexity index is 855. The van der Waals surface area contributed by atoms with Crippen LogP contribution in [-0.2, 0) is 16.8 Å². The molecule has 2 aromatic rings. The van der Waals surface area contributed by atoms with E-state index in [-0.39, 0.29) is 12.5 Å². The first-order valence-corrected chi connectivity index (χ1v) is 9.40. The van der Waals surface area contributed by atoms with Gasteiger partial charge in [-0.25, -0.2) is 9.97 Å². The Morgan fingerprint density at radius 1 is 1.04 bits per heavy atom. The molecule has 1 aromatic carbocycles. The molecule has 2 fully saturated rings. The summed E-state index contributed by atoms with van der Waals surface area (Å²) in [5.74, 6) is 1.07.